The van der Waals surface area contributed by atoms with Gasteiger partial charge in [-0.1, -0.05) is 18.2 Å². The third-order valence-corrected chi connectivity index (χ3v) is 5.73. The van der Waals surface area contributed by atoms with Gasteiger partial charge in [0.1, 0.15) is 0 Å². The van der Waals surface area contributed by atoms with E-state index in [9.17, 15) is 9.18 Å². The molecule has 0 N–H and O–H groups in total. The van der Waals surface area contributed by atoms with Gasteiger partial charge in [-0.15, -0.1) is 0 Å². The summed E-state index contributed by atoms with van der Waals surface area (Å²) in [4.78, 5) is 25.4. The summed E-state index contributed by atoms with van der Waals surface area (Å²) in [5, 5.41) is 0. The molecule has 1 aliphatic heterocycles. The molecule has 29 heavy (non-hydrogen) atoms. The smallest absolute Gasteiger partial charge is 0.255 e. The van der Waals surface area contributed by atoms with Gasteiger partial charge in [0.2, 0.25) is 5.95 Å². The van der Waals surface area contributed by atoms with Gasteiger partial charge in [-0.05, 0) is 37.9 Å². The van der Waals surface area contributed by atoms with Crippen molar-refractivity contribution in [3.8, 4) is 11.3 Å². The number of halogens is 1. The van der Waals surface area contributed by atoms with Crippen molar-refractivity contribution in [2.24, 2.45) is 7.05 Å². The zero-order chi connectivity index (χ0) is 20.4. The molecule has 1 saturated heterocycles. The van der Waals surface area contributed by atoms with Crippen LogP contribution in [0.3, 0.4) is 0 Å². The second kappa shape index (κ2) is 8.29. The van der Waals surface area contributed by atoms with Gasteiger partial charge in [-0.25, -0.2) is 9.37 Å². The van der Waals surface area contributed by atoms with Crippen LogP contribution < -0.4 is 10.5 Å². The zero-order valence-corrected chi connectivity index (χ0v) is 16.9. The van der Waals surface area contributed by atoms with Crippen LogP contribution >= 0.6 is 0 Å². The quantitative estimate of drug-likeness (QED) is 0.779. The molecule has 4 rings (SSSR count). The molecule has 1 atom stereocenters. The highest BCUT2D eigenvalue weighted by Crippen LogP contribution is 2.25. The summed E-state index contributed by atoms with van der Waals surface area (Å²) in [6.45, 7) is 2.52. The van der Waals surface area contributed by atoms with E-state index in [1.807, 2.05) is 0 Å². The summed E-state index contributed by atoms with van der Waals surface area (Å²) in [6, 6.07) is 3.31. The fourth-order valence-corrected chi connectivity index (χ4v) is 4.02. The van der Waals surface area contributed by atoms with Crippen LogP contribution in [0, 0.1) is 5.82 Å². The van der Waals surface area contributed by atoms with Gasteiger partial charge < -0.3 is 4.90 Å². The normalized spacial score (nSPS) is 19.1. The molecule has 2 aliphatic rings. The Bertz CT molecular complexity index is 1010. The molecule has 2 aromatic rings. The molecule has 7 heteroatoms. The van der Waals surface area contributed by atoms with Gasteiger partial charge in [0.25, 0.3) is 5.56 Å². The van der Waals surface area contributed by atoms with Crippen molar-refractivity contribution in [1.29, 1.82) is 0 Å². The Morgan fingerprint density at radius 3 is 2.97 bits per heavy atom. The molecular formula is C22H26FN5O. The van der Waals surface area contributed by atoms with Crippen LogP contribution in [0.4, 0.5) is 10.3 Å². The van der Waals surface area contributed by atoms with Crippen LogP contribution in [0.1, 0.15) is 19.3 Å². The van der Waals surface area contributed by atoms with E-state index < -0.39 is 5.82 Å². The van der Waals surface area contributed by atoms with E-state index in [-0.39, 0.29) is 5.56 Å². The molecule has 0 radical (unpaired) electrons. The van der Waals surface area contributed by atoms with E-state index in [1.165, 1.54) is 22.4 Å². The summed E-state index contributed by atoms with van der Waals surface area (Å²) < 4.78 is 15.7. The lowest BCUT2D eigenvalue weighted by molar-refractivity contribution is 0.281. The first-order valence-corrected chi connectivity index (χ1v) is 10.0. The van der Waals surface area contributed by atoms with Crippen molar-refractivity contribution in [2.45, 2.75) is 25.3 Å². The lowest BCUT2D eigenvalue weighted by Gasteiger charge is -2.26. The summed E-state index contributed by atoms with van der Waals surface area (Å²) in [5.41, 5.74) is 1.80. The molecule has 0 aromatic carbocycles. The maximum Gasteiger partial charge on any atom is 0.255 e. The van der Waals surface area contributed by atoms with E-state index in [4.69, 9.17) is 0 Å². The first-order chi connectivity index (χ1) is 14.0. The standard InChI is InChI=1S/C22H26FN5O/c1-26(14-16-6-4-3-5-7-16)17-9-11-28(15-17)22-25-20(12-21(29)27(22)2)18-8-10-24-13-19(18)23/h4,6-8,10,12-13,17H,3,5,9,11,14-15H2,1-2H3/t17-/m0/s1. The molecule has 0 saturated carbocycles. The van der Waals surface area contributed by atoms with Gasteiger partial charge in [0, 0.05) is 50.6 Å². The fraction of sp³-hybridized carbons (Fsp3) is 0.409. The Hall–Kier alpha value is -2.80. The summed E-state index contributed by atoms with van der Waals surface area (Å²) >= 11 is 0. The third-order valence-electron chi connectivity index (χ3n) is 5.73. The number of allylic oxidation sites excluding steroid dienone is 2. The van der Waals surface area contributed by atoms with E-state index in [1.54, 1.807) is 13.1 Å². The van der Waals surface area contributed by atoms with E-state index >= 15 is 0 Å². The highest BCUT2D eigenvalue weighted by Gasteiger charge is 2.28. The lowest BCUT2D eigenvalue weighted by Crippen LogP contribution is -2.37. The summed E-state index contributed by atoms with van der Waals surface area (Å²) in [5.74, 6) is 0.100. The lowest BCUT2D eigenvalue weighted by atomic mass is 10.1. The van der Waals surface area contributed by atoms with Crippen molar-refractivity contribution in [1.82, 2.24) is 19.4 Å². The monoisotopic (exact) mass is 395 g/mol. The number of rotatable bonds is 5. The highest BCUT2D eigenvalue weighted by atomic mass is 19.1. The van der Waals surface area contributed by atoms with Gasteiger partial charge >= 0.3 is 0 Å². The molecule has 152 valence electrons. The maximum atomic E-state index is 14.2. The zero-order valence-electron chi connectivity index (χ0n) is 16.9. The second-order valence-electron chi connectivity index (χ2n) is 7.76. The van der Waals surface area contributed by atoms with Crippen molar-refractivity contribution < 1.29 is 4.39 Å². The van der Waals surface area contributed by atoms with Crippen LogP contribution in [0.5, 0.6) is 0 Å². The molecule has 3 heterocycles. The number of nitrogens with zero attached hydrogens (tertiary/aromatic N) is 5. The van der Waals surface area contributed by atoms with Crippen LogP contribution in [-0.2, 0) is 7.05 Å². The van der Waals surface area contributed by atoms with Crippen LogP contribution in [0.25, 0.3) is 11.3 Å². The maximum absolute atomic E-state index is 14.2. The molecule has 1 fully saturated rings. The van der Waals surface area contributed by atoms with E-state index in [2.05, 4.69) is 45.0 Å². The molecule has 6 nitrogen and oxygen atoms in total. The third kappa shape index (κ3) is 4.15. The second-order valence-corrected chi connectivity index (χ2v) is 7.76. The van der Waals surface area contributed by atoms with Gasteiger partial charge in [-0.3, -0.25) is 19.2 Å². The Kier molecular flexibility index (Phi) is 5.58. The Morgan fingerprint density at radius 2 is 2.21 bits per heavy atom. The molecular weight excluding hydrogens is 369 g/mol. The minimum absolute atomic E-state index is 0.199. The molecule has 0 amide bonds. The average Bonchev–Trinajstić information content (AvgIpc) is 3.21. The first kappa shape index (κ1) is 19.5. The van der Waals surface area contributed by atoms with Crippen molar-refractivity contribution in [2.75, 3.05) is 31.6 Å². The first-order valence-electron chi connectivity index (χ1n) is 10.0. The number of hydrogen-bond acceptors (Lipinski definition) is 5. The van der Waals surface area contributed by atoms with Crippen molar-refractivity contribution in [3.05, 3.63) is 64.5 Å². The Balaban J connectivity index is 1.54. The Morgan fingerprint density at radius 1 is 1.34 bits per heavy atom. The SMILES string of the molecule is CN(CC1=CCCC=C1)[C@H]1CCN(c2nc(-c3ccncc3F)cc(=O)n2C)C1. The Labute approximate surface area is 170 Å². The van der Waals surface area contributed by atoms with Gasteiger partial charge in [-0.2, -0.15) is 0 Å². The molecule has 0 spiro atoms. The van der Waals surface area contributed by atoms with Gasteiger partial charge in [0.15, 0.2) is 5.82 Å². The minimum atomic E-state index is -0.480. The summed E-state index contributed by atoms with van der Waals surface area (Å²) in [7, 11) is 3.86. The largest absolute Gasteiger partial charge is 0.341 e. The van der Waals surface area contributed by atoms with Gasteiger partial charge in [0.05, 0.1) is 11.9 Å². The minimum Gasteiger partial charge on any atom is -0.341 e. The molecule has 1 aliphatic carbocycles. The number of pyridine rings is 1. The predicted octanol–water partition coefficient (Wildman–Crippen LogP) is 2.77. The number of aromatic nitrogens is 3. The predicted molar refractivity (Wildman–Crippen MR) is 112 cm³/mol. The highest BCUT2D eigenvalue weighted by molar-refractivity contribution is 5.60. The van der Waals surface area contributed by atoms with E-state index in [0.717, 1.165) is 45.1 Å². The van der Waals surface area contributed by atoms with E-state index in [0.29, 0.717) is 23.2 Å². The fourth-order valence-electron chi connectivity index (χ4n) is 4.02. The van der Waals surface area contributed by atoms with Crippen molar-refractivity contribution >= 4 is 5.95 Å². The van der Waals surface area contributed by atoms with Crippen LogP contribution in [0.15, 0.2) is 53.1 Å². The van der Waals surface area contributed by atoms with Crippen LogP contribution in [-0.4, -0.2) is 52.2 Å². The number of likely N-dealkylation sites (N-methyl/N-ethyl adjacent to an activating group) is 1. The average molecular weight is 395 g/mol. The van der Waals surface area contributed by atoms with Crippen molar-refractivity contribution in [3.63, 3.8) is 0 Å². The van der Waals surface area contributed by atoms with Crippen LogP contribution in [0.2, 0.25) is 0 Å². The molecule has 0 bridgehead atoms. The summed E-state index contributed by atoms with van der Waals surface area (Å²) in [6.07, 6.45) is 12.6. The number of anilines is 1. The number of hydrogen-bond donors (Lipinski definition) is 0. The molecule has 0 unspecified atom stereocenters. The topological polar surface area (TPSA) is 54.3 Å². The molecule has 2 aromatic heterocycles.